The minimum Gasteiger partial charge on any atom is -0.383 e. The van der Waals surface area contributed by atoms with Crippen molar-refractivity contribution in [3.63, 3.8) is 0 Å². The van der Waals surface area contributed by atoms with Gasteiger partial charge in [-0.05, 0) is 33.1 Å². The second kappa shape index (κ2) is 6.75. The lowest BCUT2D eigenvalue weighted by Gasteiger charge is -2.57. The van der Waals surface area contributed by atoms with Crippen molar-refractivity contribution in [2.45, 2.75) is 64.1 Å². The van der Waals surface area contributed by atoms with Crippen LogP contribution < -0.4 is 10.6 Å². The smallest absolute Gasteiger partial charge is 0.191 e. The molecule has 0 bridgehead atoms. The number of hydrogen-bond acceptors (Lipinski definition) is 3. The topological polar surface area (TPSA) is 54.9 Å². The van der Waals surface area contributed by atoms with Gasteiger partial charge in [0, 0.05) is 43.7 Å². The van der Waals surface area contributed by atoms with Gasteiger partial charge >= 0.3 is 0 Å². The summed E-state index contributed by atoms with van der Waals surface area (Å²) in [6.45, 7) is 6.62. The maximum absolute atomic E-state index is 6.06. The van der Waals surface area contributed by atoms with E-state index < -0.39 is 0 Å². The Labute approximate surface area is 134 Å². The summed E-state index contributed by atoms with van der Waals surface area (Å²) >= 11 is 0. The van der Waals surface area contributed by atoms with Crippen molar-refractivity contribution in [1.29, 1.82) is 0 Å². The van der Waals surface area contributed by atoms with Gasteiger partial charge in [0.2, 0.25) is 0 Å². The van der Waals surface area contributed by atoms with E-state index in [1.54, 1.807) is 7.11 Å². The number of guanidine groups is 1. The second-order valence-electron chi connectivity index (χ2n) is 7.13. The number of methoxy groups -OCH3 is 1. The molecule has 2 N–H and O–H groups in total. The van der Waals surface area contributed by atoms with E-state index in [4.69, 9.17) is 9.47 Å². The largest absolute Gasteiger partial charge is 0.383 e. The molecule has 2 saturated carbocycles. The van der Waals surface area contributed by atoms with Gasteiger partial charge in [0.25, 0.3) is 0 Å². The Hall–Kier alpha value is -0.810. The van der Waals surface area contributed by atoms with Crippen LogP contribution in [0, 0.1) is 11.3 Å². The Morgan fingerprint density at radius 3 is 2.86 bits per heavy atom. The minimum atomic E-state index is 0.262. The van der Waals surface area contributed by atoms with E-state index in [0.29, 0.717) is 30.1 Å². The molecular weight excluding hydrogens is 278 g/mol. The second-order valence-corrected chi connectivity index (χ2v) is 7.13. The number of rotatable bonds is 5. The molecular formula is C17H31N3O2. The van der Waals surface area contributed by atoms with Gasteiger partial charge in [-0.15, -0.1) is 0 Å². The van der Waals surface area contributed by atoms with Gasteiger partial charge in [-0.3, -0.25) is 4.99 Å². The number of nitrogens with zero attached hydrogens (tertiary/aromatic N) is 1. The molecule has 4 atom stereocenters. The number of hydrogen-bond donors (Lipinski definition) is 2. The van der Waals surface area contributed by atoms with Crippen LogP contribution in [0.2, 0.25) is 0 Å². The molecule has 3 fully saturated rings. The molecule has 0 radical (unpaired) electrons. The van der Waals surface area contributed by atoms with E-state index in [1.165, 1.54) is 32.1 Å². The first-order chi connectivity index (χ1) is 10.7. The Morgan fingerprint density at radius 1 is 1.41 bits per heavy atom. The van der Waals surface area contributed by atoms with E-state index in [0.717, 1.165) is 19.1 Å². The van der Waals surface area contributed by atoms with Gasteiger partial charge in [-0.25, -0.2) is 0 Å². The van der Waals surface area contributed by atoms with Crippen LogP contribution in [-0.4, -0.2) is 51.0 Å². The third kappa shape index (κ3) is 2.73. The molecule has 0 amide bonds. The summed E-state index contributed by atoms with van der Waals surface area (Å²) in [5, 5.41) is 7.23. The third-order valence-corrected chi connectivity index (χ3v) is 5.69. The summed E-state index contributed by atoms with van der Waals surface area (Å²) < 4.78 is 11.3. The van der Waals surface area contributed by atoms with Crippen molar-refractivity contribution < 1.29 is 9.47 Å². The lowest BCUT2D eigenvalue weighted by molar-refractivity contribution is -0.125. The van der Waals surface area contributed by atoms with Crippen molar-refractivity contribution in [1.82, 2.24) is 10.6 Å². The first-order valence-corrected chi connectivity index (χ1v) is 8.89. The SMILES string of the molecule is CCN=C(NC(C)COC)NC1C2CCOC2C12CCCC2. The predicted molar refractivity (Wildman–Crippen MR) is 88.1 cm³/mol. The van der Waals surface area contributed by atoms with Crippen LogP contribution in [0.1, 0.15) is 46.0 Å². The standard InChI is InChI=1S/C17H31N3O2/c1-4-18-16(19-12(2)11-21-3)20-14-13-7-10-22-15(13)17(14)8-5-6-9-17/h12-15H,4-11H2,1-3H3,(H2,18,19,20). The van der Waals surface area contributed by atoms with Crippen LogP contribution in [0.5, 0.6) is 0 Å². The van der Waals surface area contributed by atoms with Gasteiger partial charge in [0.05, 0.1) is 12.7 Å². The summed E-state index contributed by atoms with van der Waals surface area (Å²) in [7, 11) is 1.74. The van der Waals surface area contributed by atoms with Gasteiger partial charge < -0.3 is 20.1 Å². The quantitative estimate of drug-likeness (QED) is 0.602. The summed E-state index contributed by atoms with van der Waals surface area (Å²) in [6, 6.07) is 0.785. The maximum Gasteiger partial charge on any atom is 0.191 e. The van der Waals surface area contributed by atoms with E-state index in [-0.39, 0.29) is 6.04 Å². The van der Waals surface area contributed by atoms with Gasteiger partial charge in [0.15, 0.2) is 5.96 Å². The molecule has 1 heterocycles. The zero-order valence-electron chi connectivity index (χ0n) is 14.2. The van der Waals surface area contributed by atoms with Crippen LogP contribution >= 0.6 is 0 Å². The molecule has 3 aliphatic rings. The Bertz CT molecular complexity index is 407. The zero-order chi connectivity index (χ0) is 15.6. The molecule has 0 aromatic rings. The highest BCUT2D eigenvalue weighted by molar-refractivity contribution is 5.80. The average Bonchev–Trinajstić information content (AvgIpc) is 3.13. The zero-order valence-corrected chi connectivity index (χ0v) is 14.2. The summed E-state index contributed by atoms with van der Waals surface area (Å²) in [6.07, 6.45) is 6.98. The molecule has 1 spiro atoms. The van der Waals surface area contributed by atoms with Gasteiger partial charge in [0.1, 0.15) is 0 Å². The lowest BCUT2D eigenvalue weighted by atomic mass is 9.54. The van der Waals surface area contributed by atoms with Crippen molar-refractivity contribution >= 4 is 5.96 Å². The number of nitrogens with one attached hydrogen (secondary N) is 2. The Balaban J connectivity index is 1.67. The van der Waals surface area contributed by atoms with Gasteiger partial charge in [-0.1, -0.05) is 12.8 Å². The number of ether oxygens (including phenoxy) is 2. The summed E-state index contributed by atoms with van der Waals surface area (Å²) in [5.41, 5.74) is 0.363. The molecule has 0 aromatic carbocycles. The first kappa shape index (κ1) is 16.1. The molecule has 22 heavy (non-hydrogen) atoms. The molecule has 126 valence electrons. The lowest BCUT2D eigenvalue weighted by Crippen LogP contribution is -2.69. The van der Waals surface area contributed by atoms with Crippen molar-refractivity contribution in [2.24, 2.45) is 16.3 Å². The number of fused-ring (bicyclic) bond motifs is 2. The Morgan fingerprint density at radius 2 is 2.18 bits per heavy atom. The minimum absolute atomic E-state index is 0.262. The molecule has 3 rings (SSSR count). The third-order valence-electron chi connectivity index (χ3n) is 5.69. The average molecular weight is 309 g/mol. The molecule has 0 aromatic heterocycles. The van der Waals surface area contributed by atoms with Crippen LogP contribution in [0.25, 0.3) is 0 Å². The molecule has 4 unspecified atom stereocenters. The fourth-order valence-corrected chi connectivity index (χ4v) is 4.87. The molecule has 1 saturated heterocycles. The van der Waals surface area contributed by atoms with Crippen molar-refractivity contribution in [2.75, 3.05) is 26.9 Å². The molecule has 2 aliphatic carbocycles. The van der Waals surface area contributed by atoms with E-state index in [1.807, 2.05) is 0 Å². The monoisotopic (exact) mass is 309 g/mol. The van der Waals surface area contributed by atoms with Crippen LogP contribution in [0.3, 0.4) is 0 Å². The van der Waals surface area contributed by atoms with Crippen LogP contribution in [0.4, 0.5) is 0 Å². The van der Waals surface area contributed by atoms with Crippen LogP contribution in [0.15, 0.2) is 4.99 Å². The highest BCUT2D eigenvalue weighted by Crippen LogP contribution is 2.60. The first-order valence-electron chi connectivity index (χ1n) is 8.89. The summed E-state index contributed by atoms with van der Waals surface area (Å²) in [5.74, 6) is 1.60. The number of aliphatic imine (C=N–C) groups is 1. The van der Waals surface area contributed by atoms with E-state index in [2.05, 4.69) is 29.5 Å². The van der Waals surface area contributed by atoms with Crippen LogP contribution in [-0.2, 0) is 9.47 Å². The molecule has 1 aliphatic heterocycles. The van der Waals surface area contributed by atoms with E-state index in [9.17, 15) is 0 Å². The van der Waals surface area contributed by atoms with Gasteiger partial charge in [-0.2, -0.15) is 0 Å². The Kier molecular flexibility index (Phi) is 4.93. The molecule has 5 heteroatoms. The summed E-state index contributed by atoms with van der Waals surface area (Å²) in [4.78, 5) is 4.64. The fraction of sp³-hybridized carbons (Fsp3) is 0.941. The fourth-order valence-electron chi connectivity index (χ4n) is 4.87. The van der Waals surface area contributed by atoms with Crippen molar-refractivity contribution in [3.8, 4) is 0 Å². The highest BCUT2D eigenvalue weighted by Gasteiger charge is 2.65. The normalized spacial score (nSPS) is 34.3. The molecule has 5 nitrogen and oxygen atoms in total. The predicted octanol–water partition coefficient (Wildman–Crippen LogP) is 1.92. The highest BCUT2D eigenvalue weighted by atomic mass is 16.5. The van der Waals surface area contributed by atoms with E-state index >= 15 is 0 Å². The van der Waals surface area contributed by atoms with Crippen molar-refractivity contribution in [3.05, 3.63) is 0 Å². The maximum atomic E-state index is 6.06.